The number of aliphatic hydroxyl groups is 1. The molecular weight excluding hydrogens is 366 g/mol. The van der Waals surface area contributed by atoms with Gasteiger partial charge in [-0.15, -0.1) is 0 Å². The van der Waals surface area contributed by atoms with Crippen LogP contribution in [0.3, 0.4) is 0 Å². The maximum Gasteiger partial charge on any atom is 0.319 e. The minimum Gasteiger partial charge on any atom is -0.481 e. The van der Waals surface area contributed by atoms with Gasteiger partial charge in [0, 0.05) is 24.1 Å². The fourth-order valence-electron chi connectivity index (χ4n) is 4.01. The van der Waals surface area contributed by atoms with Gasteiger partial charge in [-0.1, -0.05) is 30.3 Å². The van der Waals surface area contributed by atoms with Crippen LogP contribution < -0.4 is 15.4 Å². The largest absolute Gasteiger partial charge is 0.481 e. The zero-order chi connectivity index (χ0) is 19.7. The number of hydrogen-bond donors (Lipinski definition) is 3. The van der Waals surface area contributed by atoms with Crippen LogP contribution in [0.15, 0.2) is 42.5 Å². The number of rotatable bonds is 4. The summed E-state index contributed by atoms with van der Waals surface area (Å²) in [4.78, 5) is 12.6. The summed E-state index contributed by atoms with van der Waals surface area (Å²) < 4.78 is 32.7. The molecule has 1 aliphatic heterocycles. The standard InChI is InChI=1S/C21H22F2N2O3/c22-11-21(12-23)10-18(15-5-1-2-7-19(15)28-21)25-20(27)24-17-6-3-4-13-8-14(26)9-16(13)17/h1-7,14,18,26H,8-12H2,(H2,24,25,27)/t14-,18+/m0/s1. The Bertz CT molecular complexity index is 886. The first-order valence-corrected chi connectivity index (χ1v) is 9.30. The molecule has 3 N–H and O–H groups in total. The minimum absolute atomic E-state index is 0.00392. The number of urea groups is 1. The highest BCUT2D eigenvalue weighted by atomic mass is 19.1. The second kappa shape index (κ2) is 7.39. The third-order valence-corrected chi connectivity index (χ3v) is 5.41. The lowest BCUT2D eigenvalue weighted by molar-refractivity contribution is -0.0105. The summed E-state index contributed by atoms with van der Waals surface area (Å²) in [5, 5.41) is 15.5. The molecule has 0 spiro atoms. The molecule has 2 aromatic rings. The number of alkyl halides is 2. The molecule has 0 bridgehead atoms. The van der Waals surface area contributed by atoms with Crippen LogP contribution in [0.5, 0.6) is 5.75 Å². The fourth-order valence-corrected chi connectivity index (χ4v) is 4.01. The molecule has 1 aliphatic carbocycles. The van der Waals surface area contributed by atoms with E-state index in [0.29, 0.717) is 29.8 Å². The lowest BCUT2D eigenvalue weighted by atomic mass is 9.88. The highest BCUT2D eigenvalue weighted by molar-refractivity contribution is 5.90. The molecule has 2 atom stereocenters. The summed E-state index contributed by atoms with van der Waals surface area (Å²) in [6, 6.07) is 11.4. The van der Waals surface area contributed by atoms with Crippen molar-refractivity contribution in [3.63, 3.8) is 0 Å². The Hall–Kier alpha value is -2.67. The Morgan fingerprint density at radius 3 is 2.71 bits per heavy atom. The first-order valence-electron chi connectivity index (χ1n) is 9.30. The van der Waals surface area contributed by atoms with E-state index in [1.54, 1.807) is 30.3 Å². The van der Waals surface area contributed by atoms with Crippen molar-refractivity contribution < 1.29 is 23.4 Å². The van der Waals surface area contributed by atoms with Crippen molar-refractivity contribution in [2.45, 2.75) is 37.0 Å². The van der Waals surface area contributed by atoms with Gasteiger partial charge in [0.1, 0.15) is 19.1 Å². The maximum atomic E-state index is 13.6. The number of aliphatic hydroxyl groups excluding tert-OH is 1. The van der Waals surface area contributed by atoms with E-state index in [1.807, 2.05) is 12.1 Å². The zero-order valence-electron chi connectivity index (χ0n) is 15.3. The van der Waals surface area contributed by atoms with Gasteiger partial charge in [0.15, 0.2) is 5.60 Å². The van der Waals surface area contributed by atoms with Crippen LogP contribution in [0.4, 0.5) is 19.3 Å². The molecule has 28 heavy (non-hydrogen) atoms. The Kier molecular flexibility index (Phi) is 4.93. The minimum atomic E-state index is -1.59. The molecule has 2 aliphatic rings. The van der Waals surface area contributed by atoms with E-state index in [1.165, 1.54) is 0 Å². The number of fused-ring (bicyclic) bond motifs is 2. The number of ether oxygens (including phenoxy) is 1. The van der Waals surface area contributed by atoms with Gasteiger partial charge < -0.3 is 20.5 Å². The van der Waals surface area contributed by atoms with Gasteiger partial charge in [-0.25, -0.2) is 13.6 Å². The number of amides is 2. The van der Waals surface area contributed by atoms with Gasteiger partial charge >= 0.3 is 6.03 Å². The third-order valence-electron chi connectivity index (χ3n) is 5.41. The zero-order valence-corrected chi connectivity index (χ0v) is 15.3. The Labute approximate surface area is 161 Å². The topological polar surface area (TPSA) is 70.6 Å². The first-order chi connectivity index (χ1) is 13.5. The second-order valence-electron chi connectivity index (χ2n) is 7.45. The van der Waals surface area contributed by atoms with Crippen molar-refractivity contribution in [2.75, 3.05) is 18.7 Å². The van der Waals surface area contributed by atoms with Crippen LogP contribution in [-0.2, 0) is 12.8 Å². The fraction of sp³-hybridized carbons (Fsp3) is 0.381. The molecule has 0 saturated heterocycles. The lowest BCUT2D eigenvalue weighted by Crippen LogP contribution is -2.49. The number of carbonyl (C=O) groups excluding carboxylic acids is 1. The van der Waals surface area contributed by atoms with Crippen LogP contribution in [0, 0.1) is 0 Å². The van der Waals surface area contributed by atoms with Gasteiger partial charge in [0.25, 0.3) is 0 Å². The van der Waals surface area contributed by atoms with Crippen LogP contribution in [0.25, 0.3) is 0 Å². The molecule has 7 heteroatoms. The molecule has 0 unspecified atom stereocenters. The second-order valence-corrected chi connectivity index (χ2v) is 7.45. The number of benzene rings is 2. The summed E-state index contributed by atoms with van der Waals surface area (Å²) in [6.07, 6.45) is 0.600. The van der Waals surface area contributed by atoms with E-state index in [-0.39, 0.29) is 6.42 Å². The molecule has 2 amide bonds. The van der Waals surface area contributed by atoms with Crippen molar-refractivity contribution in [3.8, 4) is 5.75 Å². The van der Waals surface area contributed by atoms with Crippen LogP contribution in [0.2, 0.25) is 0 Å². The van der Waals surface area contributed by atoms with Crippen molar-refractivity contribution in [1.82, 2.24) is 5.32 Å². The van der Waals surface area contributed by atoms with E-state index in [9.17, 15) is 18.7 Å². The molecule has 1 heterocycles. The number of hydrogen-bond acceptors (Lipinski definition) is 3. The summed E-state index contributed by atoms with van der Waals surface area (Å²) in [6.45, 7) is -1.97. The van der Waals surface area contributed by atoms with E-state index < -0.39 is 37.1 Å². The van der Waals surface area contributed by atoms with Crippen molar-refractivity contribution >= 4 is 11.7 Å². The van der Waals surface area contributed by atoms with E-state index in [4.69, 9.17) is 4.74 Å². The monoisotopic (exact) mass is 388 g/mol. The van der Waals surface area contributed by atoms with Crippen LogP contribution >= 0.6 is 0 Å². The highest BCUT2D eigenvalue weighted by Crippen LogP contribution is 2.40. The molecule has 5 nitrogen and oxygen atoms in total. The molecule has 4 rings (SSSR count). The van der Waals surface area contributed by atoms with Gasteiger partial charge in [0.05, 0.1) is 12.1 Å². The molecule has 0 saturated carbocycles. The summed E-state index contributed by atoms with van der Waals surface area (Å²) in [5.41, 5.74) is 1.65. The Morgan fingerprint density at radius 2 is 1.93 bits per heavy atom. The molecule has 2 aromatic carbocycles. The van der Waals surface area contributed by atoms with Gasteiger partial charge in [-0.3, -0.25) is 0 Å². The molecule has 148 valence electrons. The van der Waals surface area contributed by atoms with Crippen LogP contribution in [-0.4, -0.2) is 36.2 Å². The smallest absolute Gasteiger partial charge is 0.319 e. The summed E-state index contributed by atoms with van der Waals surface area (Å²) in [7, 11) is 0. The predicted molar refractivity (Wildman–Crippen MR) is 101 cm³/mol. The molecule has 0 fully saturated rings. The number of halogens is 2. The molecular formula is C21H22F2N2O3. The summed E-state index contributed by atoms with van der Waals surface area (Å²) >= 11 is 0. The predicted octanol–water partition coefficient (Wildman–Crippen LogP) is 3.47. The quantitative estimate of drug-likeness (QED) is 0.751. The van der Waals surface area contributed by atoms with Gasteiger partial charge in [-0.2, -0.15) is 0 Å². The van der Waals surface area contributed by atoms with E-state index >= 15 is 0 Å². The summed E-state index contributed by atoms with van der Waals surface area (Å²) in [5.74, 6) is 0.373. The number of anilines is 1. The third kappa shape index (κ3) is 3.42. The van der Waals surface area contributed by atoms with Crippen LogP contribution in [0.1, 0.15) is 29.2 Å². The van der Waals surface area contributed by atoms with E-state index in [2.05, 4.69) is 10.6 Å². The van der Waals surface area contributed by atoms with Gasteiger partial charge in [0.2, 0.25) is 0 Å². The molecule has 0 aromatic heterocycles. The Morgan fingerprint density at radius 1 is 1.14 bits per heavy atom. The van der Waals surface area contributed by atoms with Gasteiger partial charge in [-0.05, 0) is 29.7 Å². The normalized spacial score (nSPS) is 22.0. The number of para-hydroxylation sites is 1. The van der Waals surface area contributed by atoms with Crippen molar-refractivity contribution in [2.24, 2.45) is 0 Å². The van der Waals surface area contributed by atoms with E-state index in [0.717, 1.165) is 11.1 Å². The Balaban J connectivity index is 1.54. The average Bonchev–Trinajstić information content (AvgIpc) is 3.09. The number of nitrogens with one attached hydrogen (secondary N) is 2. The van der Waals surface area contributed by atoms with Crippen molar-refractivity contribution in [1.29, 1.82) is 0 Å². The average molecular weight is 388 g/mol. The lowest BCUT2D eigenvalue weighted by Gasteiger charge is -2.39. The van der Waals surface area contributed by atoms with Crippen molar-refractivity contribution in [3.05, 3.63) is 59.2 Å². The number of carbonyl (C=O) groups is 1. The highest BCUT2D eigenvalue weighted by Gasteiger charge is 2.42. The first kappa shape index (κ1) is 18.7. The molecule has 0 radical (unpaired) electrons. The SMILES string of the molecule is O=C(Nc1cccc2c1C[C@@H](O)C2)N[C@@H]1CC(CF)(CF)Oc2ccccc21. The maximum absolute atomic E-state index is 13.6.